The predicted octanol–water partition coefficient (Wildman–Crippen LogP) is 2.32. The smallest absolute Gasteiger partial charge is 0.334 e. The molecule has 6 rings (SSSR count). The van der Waals surface area contributed by atoms with Gasteiger partial charge in [-0.15, -0.1) is 0 Å². The Morgan fingerprint density at radius 2 is 1.86 bits per heavy atom. The van der Waals surface area contributed by atoms with Gasteiger partial charge in [0.25, 0.3) is 0 Å². The number of ether oxygens (including phenoxy) is 1. The van der Waals surface area contributed by atoms with E-state index in [2.05, 4.69) is 29.9 Å². The minimum absolute atomic E-state index is 0.0897. The van der Waals surface area contributed by atoms with Crippen LogP contribution in [0.4, 0.5) is 0 Å². The summed E-state index contributed by atoms with van der Waals surface area (Å²) in [6.07, 6.45) is 4.62. The molecule has 3 aliphatic heterocycles. The average Bonchev–Trinajstić information content (AvgIpc) is 3.19. The van der Waals surface area contributed by atoms with Gasteiger partial charge in [-0.2, -0.15) is 0 Å². The maximum atomic E-state index is 13.0. The van der Waals surface area contributed by atoms with Gasteiger partial charge in [0, 0.05) is 11.8 Å². The highest BCUT2D eigenvalue weighted by Crippen LogP contribution is 2.65. The molecule has 0 unspecified atom stereocenters. The van der Waals surface area contributed by atoms with E-state index < -0.39 is 11.3 Å². The molecule has 4 bridgehead atoms. The number of rotatable bonds is 2. The number of esters is 1. The van der Waals surface area contributed by atoms with Crippen LogP contribution in [0.25, 0.3) is 0 Å². The molecule has 3 heterocycles. The van der Waals surface area contributed by atoms with Gasteiger partial charge in [-0.3, -0.25) is 0 Å². The van der Waals surface area contributed by atoms with Crippen molar-refractivity contribution in [3.63, 3.8) is 0 Å². The third-order valence-corrected chi connectivity index (χ3v) is 6.78. The fourth-order valence-electron chi connectivity index (χ4n) is 5.96. The molecule has 5 aliphatic rings. The summed E-state index contributed by atoms with van der Waals surface area (Å²) in [5.41, 5.74) is 6.67. The van der Waals surface area contributed by atoms with E-state index in [1.165, 1.54) is 19.3 Å². The maximum absolute atomic E-state index is 13.0. The summed E-state index contributed by atoms with van der Waals surface area (Å²) in [7, 11) is 0. The van der Waals surface area contributed by atoms with Crippen LogP contribution in [0.1, 0.15) is 38.2 Å². The molecule has 0 amide bonds. The lowest BCUT2D eigenvalue weighted by Crippen LogP contribution is -2.82. The second kappa shape index (κ2) is 4.12. The zero-order valence-electron chi connectivity index (χ0n) is 12.8. The van der Waals surface area contributed by atoms with Crippen molar-refractivity contribution in [3.05, 3.63) is 35.9 Å². The topological polar surface area (TPSA) is 50.4 Å². The van der Waals surface area contributed by atoms with Crippen molar-refractivity contribution < 1.29 is 9.53 Å². The van der Waals surface area contributed by atoms with Crippen LogP contribution in [0.2, 0.25) is 0 Å². The summed E-state index contributed by atoms with van der Waals surface area (Å²) in [6.45, 7) is 2.12. The standard InChI is InChI=1S/C18H22N2O2/c1-2-17-14-11-8-9-12(10-11)15(14)18(20-19-17,16(21)22-17)13-6-4-3-5-7-13/h3-7,11-12,14-15,19-20H,2,8-10H2,1H3/t11-,12+,14+,15+,17-,18+/m1/s1. The number of hydrazine groups is 1. The Labute approximate surface area is 130 Å². The summed E-state index contributed by atoms with van der Waals surface area (Å²) in [6, 6.07) is 10.1. The zero-order valence-corrected chi connectivity index (χ0v) is 12.8. The molecule has 116 valence electrons. The van der Waals surface area contributed by atoms with E-state index in [1.54, 1.807) is 0 Å². The van der Waals surface area contributed by atoms with Crippen molar-refractivity contribution in [3.8, 4) is 0 Å². The number of hydrogen-bond donors (Lipinski definition) is 2. The van der Waals surface area contributed by atoms with E-state index >= 15 is 0 Å². The largest absolute Gasteiger partial charge is 0.441 e. The fourth-order valence-corrected chi connectivity index (χ4v) is 5.96. The van der Waals surface area contributed by atoms with Gasteiger partial charge in [0.15, 0.2) is 11.3 Å². The monoisotopic (exact) mass is 298 g/mol. The van der Waals surface area contributed by atoms with Crippen molar-refractivity contribution >= 4 is 5.97 Å². The van der Waals surface area contributed by atoms with Crippen molar-refractivity contribution in [2.75, 3.05) is 0 Å². The Balaban J connectivity index is 1.71. The summed E-state index contributed by atoms with van der Waals surface area (Å²) < 4.78 is 6.03. The molecule has 6 atom stereocenters. The van der Waals surface area contributed by atoms with Gasteiger partial charge in [0.05, 0.1) is 0 Å². The SMILES string of the molecule is CC[C@@]12NN[C@](c3ccccc3)(C(=O)O1)[C@H]1[C@H]3CC[C@H](C3)[C@@H]12. The van der Waals surface area contributed by atoms with Crippen LogP contribution < -0.4 is 10.9 Å². The van der Waals surface area contributed by atoms with Crippen LogP contribution in [-0.4, -0.2) is 11.7 Å². The highest BCUT2D eigenvalue weighted by atomic mass is 16.6. The van der Waals surface area contributed by atoms with Crippen molar-refractivity contribution in [2.45, 2.75) is 43.9 Å². The van der Waals surface area contributed by atoms with E-state index in [-0.39, 0.29) is 5.97 Å². The molecule has 1 aromatic rings. The average molecular weight is 298 g/mol. The Kier molecular flexibility index (Phi) is 2.45. The van der Waals surface area contributed by atoms with E-state index in [4.69, 9.17) is 4.74 Å². The lowest BCUT2D eigenvalue weighted by Gasteiger charge is -2.62. The minimum Gasteiger partial charge on any atom is -0.441 e. The van der Waals surface area contributed by atoms with E-state index in [1.807, 2.05) is 18.2 Å². The highest BCUT2D eigenvalue weighted by Gasteiger charge is 2.73. The predicted molar refractivity (Wildman–Crippen MR) is 81.3 cm³/mol. The first-order valence-electron chi connectivity index (χ1n) is 8.54. The summed E-state index contributed by atoms with van der Waals surface area (Å²) in [4.78, 5) is 13.0. The molecule has 2 saturated carbocycles. The van der Waals surface area contributed by atoms with Gasteiger partial charge in [0.2, 0.25) is 0 Å². The Morgan fingerprint density at radius 3 is 2.55 bits per heavy atom. The Bertz CT molecular complexity index is 633. The van der Waals surface area contributed by atoms with E-state index in [9.17, 15) is 4.79 Å². The lowest BCUT2D eigenvalue weighted by atomic mass is 9.59. The van der Waals surface area contributed by atoms with E-state index in [0.717, 1.165) is 12.0 Å². The maximum Gasteiger partial charge on any atom is 0.334 e. The van der Waals surface area contributed by atoms with Crippen molar-refractivity contribution in [1.29, 1.82) is 0 Å². The molecule has 0 radical (unpaired) electrons. The normalized spacial score (nSPS) is 48.3. The molecule has 3 saturated heterocycles. The fraction of sp³-hybridized carbons (Fsp3) is 0.611. The second-order valence-corrected chi connectivity index (χ2v) is 7.44. The lowest BCUT2D eigenvalue weighted by molar-refractivity contribution is -0.251. The number of hydrogen-bond acceptors (Lipinski definition) is 4. The summed E-state index contributed by atoms with van der Waals surface area (Å²) in [5.74, 6) is 2.05. The molecule has 0 spiro atoms. The first-order valence-corrected chi connectivity index (χ1v) is 8.54. The van der Waals surface area contributed by atoms with E-state index in [0.29, 0.717) is 23.7 Å². The number of carbonyl (C=O) groups excluding carboxylic acids is 1. The Morgan fingerprint density at radius 1 is 1.14 bits per heavy atom. The summed E-state index contributed by atoms with van der Waals surface area (Å²) in [5, 5.41) is 0. The molecule has 4 nitrogen and oxygen atoms in total. The van der Waals surface area contributed by atoms with Gasteiger partial charge in [0.1, 0.15) is 0 Å². The molecule has 22 heavy (non-hydrogen) atoms. The first kappa shape index (κ1) is 13.1. The third-order valence-electron chi connectivity index (χ3n) is 6.78. The van der Waals surface area contributed by atoms with Gasteiger partial charge < -0.3 is 4.74 Å². The molecular weight excluding hydrogens is 276 g/mol. The number of benzene rings is 1. The minimum atomic E-state index is -0.706. The highest BCUT2D eigenvalue weighted by molar-refractivity contribution is 5.85. The molecule has 1 aromatic carbocycles. The van der Waals surface area contributed by atoms with Gasteiger partial charge >= 0.3 is 5.97 Å². The molecule has 2 N–H and O–H groups in total. The van der Waals surface area contributed by atoms with Crippen molar-refractivity contribution in [1.82, 2.24) is 10.9 Å². The Hall–Kier alpha value is -1.39. The van der Waals surface area contributed by atoms with Crippen LogP contribution >= 0.6 is 0 Å². The van der Waals surface area contributed by atoms with Crippen LogP contribution in [0, 0.1) is 23.7 Å². The second-order valence-electron chi connectivity index (χ2n) is 7.44. The number of fused-ring (bicyclic) bond motifs is 4. The van der Waals surface area contributed by atoms with Crippen LogP contribution in [-0.2, 0) is 15.1 Å². The number of nitrogens with one attached hydrogen (secondary N) is 2. The van der Waals surface area contributed by atoms with Crippen LogP contribution in [0.3, 0.4) is 0 Å². The molecule has 2 aliphatic carbocycles. The number of carbonyl (C=O) groups is 1. The van der Waals surface area contributed by atoms with Crippen molar-refractivity contribution in [2.24, 2.45) is 23.7 Å². The zero-order chi connectivity index (χ0) is 14.9. The summed E-state index contributed by atoms with van der Waals surface area (Å²) >= 11 is 0. The van der Waals surface area contributed by atoms with Crippen LogP contribution in [0.15, 0.2) is 30.3 Å². The first-order chi connectivity index (χ1) is 10.7. The van der Waals surface area contributed by atoms with Crippen LogP contribution in [0.5, 0.6) is 0 Å². The molecule has 0 aromatic heterocycles. The molecule has 5 fully saturated rings. The third kappa shape index (κ3) is 1.30. The van der Waals surface area contributed by atoms with Gasteiger partial charge in [-0.1, -0.05) is 37.3 Å². The molecule has 4 heteroatoms. The van der Waals surface area contributed by atoms with Gasteiger partial charge in [-0.05, 0) is 43.1 Å². The van der Waals surface area contributed by atoms with Gasteiger partial charge in [-0.25, -0.2) is 15.6 Å². The molecular formula is C18H22N2O2. The quantitative estimate of drug-likeness (QED) is 0.823.